The maximum Gasteiger partial charge on any atom is 0.0540 e. The topological polar surface area (TPSA) is 29.9 Å². The van der Waals surface area contributed by atoms with Crippen molar-refractivity contribution < 1.29 is 0 Å². The summed E-state index contributed by atoms with van der Waals surface area (Å²) < 4.78 is 2.06. The number of nitrogens with zero attached hydrogens (tertiary/aromatic N) is 2. The van der Waals surface area contributed by atoms with E-state index in [1.54, 1.807) is 0 Å². The van der Waals surface area contributed by atoms with Gasteiger partial charge in [-0.3, -0.25) is 4.68 Å². The highest BCUT2D eigenvalue weighted by Crippen LogP contribution is 2.34. The van der Waals surface area contributed by atoms with Gasteiger partial charge in [0.25, 0.3) is 0 Å². The third-order valence-electron chi connectivity index (χ3n) is 4.60. The van der Waals surface area contributed by atoms with Crippen LogP contribution in [0.2, 0.25) is 0 Å². The van der Waals surface area contributed by atoms with E-state index in [4.69, 9.17) is 0 Å². The van der Waals surface area contributed by atoms with Gasteiger partial charge in [0.1, 0.15) is 0 Å². The predicted molar refractivity (Wildman–Crippen MR) is 81.6 cm³/mol. The summed E-state index contributed by atoms with van der Waals surface area (Å²) in [5.41, 5.74) is 2.90. The van der Waals surface area contributed by atoms with Gasteiger partial charge in [0.15, 0.2) is 0 Å². The van der Waals surface area contributed by atoms with Crippen LogP contribution in [0.5, 0.6) is 0 Å². The second-order valence-corrected chi connectivity index (χ2v) is 7.45. The lowest BCUT2D eigenvalue weighted by molar-refractivity contribution is 0.394. The van der Waals surface area contributed by atoms with Crippen LogP contribution < -0.4 is 5.32 Å². The molecule has 0 amide bonds. The molecule has 1 N–H and O–H groups in total. The van der Waals surface area contributed by atoms with E-state index in [-0.39, 0.29) is 0 Å². The van der Waals surface area contributed by atoms with Gasteiger partial charge in [-0.25, -0.2) is 0 Å². The Morgan fingerprint density at radius 2 is 2.32 bits per heavy atom. The van der Waals surface area contributed by atoms with E-state index in [0.717, 1.165) is 11.3 Å². The molecule has 0 spiro atoms. The van der Waals surface area contributed by atoms with Crippen molar-refractivity contribution in [2.45, 2.75) is 62.8 Å². The first-order valence-electron chi connectivity index (χ1n) is 7.66. The van der Waals surface area contributed by atoms with Gasteiger partial charge in [0, 0.05) is 35.6 Å². The van der Waals surface area contributed by atoms with Crippen molar-refractivity contribution in [3.05, 3.63) is 17.5 Å². The summed E-state index contributed by atoms with van der Waals surface area (Å²) in [6.45, 7) is 2.27. The van der Waals surface area contributed by atoms with Gasteiger partial charge in [-0.1, -0.05) is 6.92 Å². The SMILES string of the molecule is CCS[C@H]1CC[C@@H](N[C@@H]2CCCc3c2cnn3C)C1. The van der Waals surface area contributed by atoms with Crippen molar-refractivity contribution in [2.24, 2.45) is 7.05 Å². The van der Waals surface area contributed by atoms with Crippen LogP contribution in [0.15, 0.2) is 6.20 Å². The molecule has 19 heavy (non-hydrogen) atoms. The molecule has 2 aliphatic rings. The van der Waals surface area contributed by atoms with Gasteiger partial charge in [0.2, 0.25) is 0 Å². The number of nitrogens with one attached hydrogen (secondary N) is 1. The molecule has 3 nitrogen and oxygen atoms in total. The van der Waals surface area contributed by atoms with E-state index in [0.29, 0.717) is 6.04 Å². The van der Waals surface area contributed by atoms with Crippen LogP contribution in [0.3, 0.4) is 0 Å². The minimum atomic E-state index is 0.549. The molecule has 4 heteroatoms. The molecular formula is C15H25N3S. The van der Waals surface area contributed by atoms with E-state index in [2.05, 4.69) is 47.0 Å². The number of fused-ring (bicyclic) bond motifs is 1. The molecule has 0 aromatic carbocycles. The Labute approximate surface area is 120 Å². The van der Waals surface area contributed by atoms with Crippen LogP contribution in [0.25, 0.3) is 0 Å². The number of aryl methyl sites for hydroxylation is 1. The normalized spacial score (nSPS) is 30.5. The molecule has 0 radical (unpaired) electrons. The van der Waals surface area contributed by atoms with Crippen LogP contribution in [0.1, 0.15) is 56.3 Å². The first-order valence-corrected chi connectivity index (χ1v) is 8.71. The summed E-state index contributed by atoms with van der Waals surface area (Å²) in [4.78, 5) is 0. The van der Waals surface area contributed by atoms with Crippen molar-refractivity contribution in [1.82, 2.24) is 15.1 Å². The Morgan fingerprint density at radius 1 is 1.42 bits per heavy atom. The highest BCUT2D eigenvalue weighted by atomic mass is 32.2. The molecule has 1 aromatic rings. The molecule has 3 rings (SSSR count). The van der Waals surface area contributed by atoms with Gasteiger partial charge in [-0.2, -0.15) is 16.9 Å². The van der Waals surface area contributed by atoms with Crippen LogP contribution in [0, 0.1) is 0 Å². The summed E-state index contributed by atoms with van der Waals surface area (Å²) >= 11 is 2.14. The van der Waals surface area contributed by atoms with Crippen LogP contribution in [-0.2, 0) is 13.5 Å². The zero-order valence-electron chi connectivity index (χ0n) is 12.1. The molecule has 1 heterocycles. The molecule has 2 aliphatic carbocycles. The van der Waals surface area contributed by atoms with E-state index < -0.39 is 0 Å². The predicted octanol–water partition coefficient (Wildman–Crippen LogP) is 3.06. The average Bonchev–Trinajstić information content (AvgIpc) is 2.99. The van der Waals surface area contributed by atoms with Gasteiger partial charge < -0.3 is 5.32 Å². The Balaban J connectivity index is 1.62. The second-order valence-electron chi connectivity index (χ2n) is 5.87. The van der Waals surface area contributed by atoms with Crippen molar-refractivity contribution in [1.29, 1.82) is 0 Å². The number of rotatable bonds is 4. The maximum atomic E-state index is 4.44. The minimum absolute atomic E-state index is 0.549. The Bertz CT molecular complexity index is 429. The van der Waals surface area contributed by atoms with Crippen molar-refractivity contribution in [3.63, 3.8) is 0 Å². The number of hydrogen-bond donors (Lipinski definition) is 1. The third-order valence-corrected chi connectivity index (χ3v) is 5.83. The maximum absolute atomic E-state index is 4.44. The van der Waals surface area contributed by atoms with Crippen LogP contribution in [-0.4, -0.2) is 26.8 Å². The summed E-state index contributed by atoms with van der Waals surface area (Å²) in [5, 5.41) is 9.24. The van der Waals surface area contributed by atoms with E-state index in [1.165, 1.54) is 55.5 Å². The molecule has 3 atom stereocenters. The molecule has 106 valence electrons. The lowest BCUT2D eigenvalue weighted by atomic mass is 9.92. The number of hydrogen-bond acceptors (Lipinski definition) is 3. The van der Waals surface area contributed by atoms with Gasteiger partial charge in [0.05, 0.1) is 6.20 Å². The minimum Gasteiger partial charge on any atom is -0.307 e. The van der Waals surface area contributed by atoms with Gasteiger partial charge in [-0.15, -0.1) is 0 Å². The van der Waals surface area contributed by atoms with Gasteiger partial charge >= 0.3 is 0 Å². The molecule has 0 saturated heterocycles. The van der Waals surface area contributed by atoms with E-state index >= 15 is 0 Å². The van der Waals surface area contributed by atoms with Crippen LogP contribution in [0.4, 0.5) is 0 Å². The highest BCUT2D eigenvalue weighted by molar-refractivity contribution is 7.99. The zero-order valence-corrected chi connectivity index (χ0v) is 12.9. The quantitative estimate of drug-likeness (QED) is 0.918. The second kappa shape index (κ2) is 5.88. The molecule has 1 fully saturated rings. The van der Waals surface area contributed by atoms with Gasteiger partial charge in [-0.05, 0) is 44.3 Å². The Morgan fingerprint density at radius 3 is 3.16 bits per heavy atom. The first kappa shape index (κ1) is 13.5. The summed E-state index contributed by atoms with van der Waals surface area (Å²) in [6.07, 6.45) is 9.95. The van der Waals surface area contributed by atoms with Crippen molar-refractivity contribution >= 4 is 11.8 Å². The lowest BCUT2D eigenvalue weighted by Crippen LogP contribution is -2.33. The average molecular weight is 279 g/mol. The fourth-order valence-electron chi connectivity index (χ4n) is 3.64. The summed E-state index contributed by atoms with van der Waals surface area (Å²) in [6, 6.07) is 1.27. The summed E-state index contributed by atoms with van der Waals surface area (Å²) in [5.74, 6) is 1.26. The van der Waals surface area contributed by atoms with Crippen LogP contribution >= 0.6 is 11.8 Å². The zero-order chi connectivity index (χ0) is 13.2. The first-order chi connectivity index (χ1) is 9.28. The Kier molecular flexibility index (Phi) is 4.18. The lowest BCUT2D eigenvalue weighted by Gasteiger charge is -2.27. The smallest absolute Gasteiger partial charge is 0.0540 e. The van der Waals surface area contributed by atoms with E-state index in [9.17, 15) is 0 Å². The highest BCUT2D eigenvalue weighted by Gasteiger charge is 2.29. The molecule has 0 unspecified atom stereocenters. The van der Waals surface area contributed by atoms with E-state index in [1.807, 2.05) is 0 Å². The largest absolute Gasteiger partial charge is 0.307 e. The fourth-order valence-corrected chi connectivity index (χ4v) is 4.78. The summed E-state index contributed by atoms with van der Waals surface area (Å²) in [7, 11) is 2.07. The molecule has 1 saturated carbocycles. The number of aromatic nitrogens is 2. The fraction of sp³-hybridized carbons (Fsp3) is 0.800. The Hall–Kier alpha value is -0.480. The van der Waals surface area contributed by atoms with Crippen molar-refractivity contribution in [3.8, 4) is 0 Å². The molecule has 0 bridgehead atoms. The van der Waals surface area contributed by atoms with Crippen molar-refractivity contribution in [2.75, 3.05) is 5.75 Å². The number of thioether (sulfide) groups is 1. The third kappa shape index (κ3) is 2.84. The molecular weight excluding hydrogens is 254 g/mol. The standard InChI is InChI=1S/C15H25N3S/c1-3-19-12-8-7-11(9-12)17-14-5-4-6-15-13(14)10-16-18(15)2/h10-12,14,17H,3-9H2,1-2H3/t11-,12+,14-/m1/s1. The molecule has 1 aromatic heterocycles. The monoisotopic (exact) mass is 279 g/mol. The molecule has 0 aliphatic heterocycles.